The second-order valence-corrected chi connectivity index (χ2v) is 13.4. The molecule has 12 rings (SSSR count). The zero-order chi connectivity index (χ0) is 32.5. The van der Waals surface area contributed by atoms with Crippen LogP contribution in [0.1, 0.15) is 0 Å². The number of nitrogens with zero attached hydrogens (tertiary/aromatic N) is 4. The molecule has 0 aliphatic heterocycles. The van der Waals surface area contributed by atoms with Crippen molar-refractivity contribution >= 4 is 92.3 Å². The number of hydrogen-bond acceptors (Lipinski definition) is 2. The Morgan fingerprint density at radius 2 is 1.06 bits per heavy atom. The van der Waals surface area contributed by atoms with Crippen LogP contribution in [-0.2, 0) is 0 Å². The summed E-state index contributed by atoms with van der Waals surface area (Å²) in [5.41, 5.74) is 7.56. The van der Waals surface area contributed by atoms with E-state index in [1.54, 1.807) is 0 Å². The molecule has 4 aromatic heterocycles. The lowest BCUT2D eigenvalue weighted by Gasteiger charge is -2.13. The highest BCUT2D eigenvalue weighted by atomic mass is 15.2. The Bertz CT molecular complexity index is 3370. The van der Waals surface area contributed by atoms with Crippen LogP contribution in [0.3, 0.4) is 0 Å². The van der Waals surface area contributed by atoms with Crippen LogP contribution >= 0.6 is 0 Å². The first-order valence-corrected chi connectivity index (χ1v) is 17.1. The highest BCUT2D eigenvalue weighted by Gasteiger charge is 2.27. The average molecular weight is 635 g/mol. The first kappa shape index (κ1) is 26.2. The number of benzene rings is 8. The highest BCUT2D eigenvalue weighted by molar-refractivity contribution is 6.35. The summed E-state index contributed by atoms with van der Waals surface area (Å²) in [6, 6.07) is 56.8. The molecule has 4 heteroatoms. The van der Waals surface area contributed by atoms with Crippen LogP contribution in [0.5, 0.6) is 0 Å². The van der Waals surface area contributed by atoms with Gasteiger partial charge in [-0.15, -0.1) is 0 Å². The molecule has 230 valence electrons. The van der Waals surface area contributed by atoms with Crippen molar-refractivity contribution in [1.29, 1.82) is 0 Å². The Hall–Kier alpha value is -6.78. The summed E-state index contributed by atoms with van der Waals surface area (Å²) in [7, 11) is 0. The third kappa shape index (κ3) is 3.30. The van der Waals surface area contributed by atoms with Gasteiger partial charge in [0, 0.05) is 43.3 Å². The van der Waals surface area contributed by atoms with Gasteiger partial charge in [-0.05, 0) is 57.3 Å². The van der Waals surface area contributed by atoms with Crippen molar-refractivity contribution < 1.29 is 0 Å². The van der Waals surface area contributed by atoms with Gasteiger partial charge in [0.05, 0.1) is 27.8 Å². The van der Waals surface area contributed by atoms with E-state index in [2.05, 4.69) is 167 Å². The Morgan fingerprint density at radius 1 is 0.400 bits per heavy atom. The third-order valence-electron chi connectivity index (χ3n) is 10.8. The number of aromatic nitrogens is 4. The Balaban J connectivity index is 1.36. The minimum Gasteiger partial charge on any atom is -0.294 e. The van der Waals surface area contributed by atoms with Gasteiger partial charge in [-0.25, -0.2) is 9.97 Å². The van der Waals surface area contributed by atoms with Gasteiger partial charge in [0.2, 0.25) is 5.95 Å². The molecule has 0 N–H and O–H groups in total. The molecular weight excluding hydrogens is 609 g/mol. The van der Waals surface area contributed by atoms with Crippen molar-refractivity contribution in [3.05, 3.63) is 158 Å². The Kier molecular flexibility index (Phi) is 4.94. The summed E-state index contributed by atoms with van der Waals surface area (Å²) < 4.78 is 4.81. The van der Waals surface area contributed by atoms with Crippen molar-refractivity contribution in [1.82, 2.24) is 18.9 Å². The summed E-state index contributed by atoms with van der Waals surface area (Å²) in [6.07, 6.45) is 0. The summed E-state index contributed by atoms with van der Waals surface area (Å²) in [5, 5.41) is 14.5. The summed E-state index contributed by atoms with van der Waals surface area (Å²) in [6.45, 7) is 0. The molecule has 0 radical (unpaired) electrons. The number of fused-ring (bicyclic) bond motifs is 14. The van der Waals surface area contributed by atoms with E-state index in [0.717, 1.165) is 44.1 Å². The topological polar surface area (TPSA) is 35.1 Å². The lowest BCUT2D eigenvalue weighted by molar-refractivity contribution is 0.996. The molecule has 0 saturated carbocycles. The predicted octanol–water partition coefficient (Wildman–Crippen LogP) is 11.9. The van der Waals surface area contributed by atoms with Crippen LogP contribution in [0.15, 0.2) is 158 Å². The SMILES string of the molecule is c1ccc(-c2nc(-n3c4cc5ccccc5cc4c4c5cc6ccccc6c6c7ccccc7n(c56)c43)nc3c2ccc2ccccc23)cc1. The smallest absolute Gasteiger partial charge is 0.237 e. The second-order valence-electron chi connectivity index (χ2n) is 13.4. The fraction of sp³-hybridized carbons (Fsp3) is 0. The first-order valence-electron chi connectivity index (χ1n) is 17.1. The van der Waals surface area contributed by atoms with Gasteiger partial charge in [0.1, 0.15) is 5.65 Å². The Morgan fingerprint density at radius 3 is 1.90 bits per heavy atom. The van der Waals surface area contributed by atoms with Crippen LogP contribution in [0.25, 0.3) is 110 Å². The molecule has 0 spiro atoms. The zero-order valence-corrected chi connectivity index (χ0v) is 26.8. The molecule has 4 nitrogen and oxygen atoms in total. The van der Waals surface area contributed by atoms with Crippen LogP contribution < -0.4 is 0 Å². The molecule has 0 atom stereocenters. The van der Waals surface area contributed by atoms with E-state index in [0.29, 0.717) is 5.95 Å². The van der Waals surface area contributed by atoms with Crippen molar-refractivity contribution in [2.24, 2.45) is 0 Å². The van der Waals surface area contributed by atoms with E-state index in [1.807, 2.05) is 0 Å². The van der Waals surface area contributed by atoms with Gasteiger partial charge >= 0.3 is 0 Å². The van der Waals surface area contributed by atoms with Crippen LogP contribution in [-0.4, -0.2) is 18.9 Å². The van der Waals surface area contributed by atoms with Crippen molar-refractivity contribution in [3.63, 3.8) is 0 Å². The molecule has 0 fully saturated rings. The van der Waals surface area contributed by atoms with Crippen LogP contribution in [0.4, 0.5) is 0 Å². The monoisotopic (exact) mass is 634 g/mol. The van der Waals surface area contributed by atoms with Crippen LogP contribution in [0, 0.1) is 0 Å². The standard InChI is InChI=1S/C46H26N4/c1-2-13-28(14-3-1)42-35-23-22-27-12-6-9-19-33(27)43(35)48-46(47-42)50-39-26-30-16-5-4-15-29(30)24-36(39)41-37-25-31-17-7-8-18-32(31)40-34-20-10-11-21-38(34)49(44(37)40)45(41)50/h1-26H. The van der Waals surface area contributed by atoms with E-state index >= 15 is 0 Å². The minimum absolute atomic E-state index is 0.664. The molecule has 12 aromatic rings. The van der Waals surface area contributed by atoms with Gasteiger partial charge in [-0.3, -0.25) is 8.97 Å². The second kappa shape index (κ2) is 9.43. The molecule has 0 amide bonds. The molecular formula is C46H26N4. The molecule has 8 aromatic carbocycles. The van der Waals surface area contributed by atoms with Crippen molar-refractivity contribution in [2.75, 3.05) is 0 Å². The maximum Gasteiger partial charge on any atom is 0.237 e. The number of hydrogen-bond donors (Lipinski definition) is 0. The quantitative estimate of drug-likeness (QED) is 0.177. The molecule has 0 aliphatic carbocycles. The summed E-state index contributed by atoms with van der Waals surface area (Å²) in [5.74, 6) is 0.664. The predicted molar refractivity (Wildman–Crippen MR) is 209 cm³/mol. The highest BCUT2D eigenvalue weighted by Crippen LogP contribution is 2.47. The molecule has 4 heterocycles. The number of para-hydroxylation sites is 1. The molecule has 0 bridgehead atoms. The maximum atomic E-state index is 5.52. The minimum atomic E-state index is 0.664. The maximum absolute atomic E-state index is 5.52. The molecule has 0 saturated heterocycles. The van der Waals surface area contributed by atoms with Crippen molar-refractivity contribution in [3.8, 4) is 17.2 Å². The Labute approximate surface area is 285 Å². The van der Waals surface area contributed by atoms with Gasteiger partial charge in [0.15, 0.2) is 0 Å². The molecule has 0 unspecified atom stereocenters. The fourth-order valence-corrected chi connectivity index (χ4v) is 8.66. The van der Waals surface area contributed by atoms with E-state index in [1.165, 1.54) is 59.5 Å². The van der Waals surface area contributed by atoms with Crippen LogP contribution in [0.2, 0.25) is 0 Å². The average Bonchev–Trinajstić information content (AvgIpc) is 3.81. The van der Waals surface area contributed by atoms with E-state index in [4.69, 9.17) is 9.97 Å². The van der Waals surface area contributed by atoms with Gasteiger partial charge in [-0.1, -0.05) is 127 Å². The summed E-state index contributed by atoms with van der Waals surface area (Å²) in [4.78, 5) is 11.0. The molecule has 0 aliphatic rings. The zero-order valence-electron chi connectivity index (χ0n) is 26.8. The summed E-state index contributed by atoms with van der Waals surface area (Å²) >= 11 is 0. The lowest BCUT2D eigenvalue weighted by atomic mass is 9.99. The lowest BCUT2D eigenvalue weighted by Crippen LogP contribution is -2.05. The van der Waals surface area contributed by atoms with Gasteiger partial charge in [-0.2, -0.15) is 0 Å². The van der Waals surface area contributed by atoms with Gasteiger partial charge in [0.25, 0.3) is 0 Å². The third-order valence-corrected chi connectivity index (χ3v) is 10.8. The van der Waals surface area contributed by atoms with Gasteiger partial charge < -0.3 is 0 Å². The van der Waals surface area contributed by atoms with E-state index in [9.17, 15) is 0 Å². The first-order chi connectivity index (χ1) is 24.8. The number of rotatable bonds is 2. The largest absolute Gasteiger partial charge is 0.294 e. The van der Waals surface area contributed by atoms with E-state index in [-0.39, 0.29) is 0 Å². The van der Waals surface area contributed by atoms with Crippen molar-refractivity contribution in [2.45, 2.75) is 0 Å². The molecule has 50 heavy (non-hydrogen) atoms. The normalized spacial score (nSPS) is 12.4. The van der Waals surface area contributed by atoms with E-state index < -0.39 is 0 Å². The fourth-order valence-electron chi connectivity index (χ4n) is 8.66.